The summed E-state index contributed by atoms with van der Waals surface area (Å²) in [6, 6.07) is 16.7. The number of Topliss-reactive ketones (excluding diaryl/α,β-unsaturated/α-hetero) is 1. The molecule has 1 unspecified atom stereocenters. The molecule has 94 valence electrons. The average Bonchev–Trinajstić information content (AvgIpc) is 2.72. The van der Waals surface area contributed by atoms with Crippen LogP contribution in [0.4, 0.5) is 0 Å². The Labute approximate surface area is 113 Å². The number of carbonyl (C=O) groups excluding carboxylic acids is 1. The minimum absolute atomic E-state index is 0.155. The largest absolute Gasteiger partial charge is 0.294 e. The van der Waals surface area contributed by atoms with Crippen molar-refractivity contribution in [1.29, 1.82) is 0 Å². The molecule has 0 fully saturated rings. The Morgan fingerprint density at radius 3 is 2.21 bits per heavy atom. The van der Waals surface area contributed by atoms with E-state index >= 15 is 0 Å². The van der Waals surface area contributed by atoms with Crippen LogP contribution in [0.5, 0.6) is 0 Å². The molecule has 0 N–H and O–H groups in total. The molecule has 2 aliphatic rings. The van der Waals surface area contributed by atoms with E-state index < -0.39 is 0 Å². The smallest absolute Gasteiger partial charge is 0.169 e. The van der Waals surface area contributed by atoms with Gasteiger partial charge >= 0.3 is 0 Å². The zero-order chi connectivity index (χ0) is 12.9. The van der Waals surface area contributed by atoms with Gasteiger partial charge in [-0.05, 0) is 42.4 Å². The first-order valence-electron chi connectivity index (χ1n) is 6.98. The van der Waals surface area contributed by atoms with Gasteiger partial charge in [0, 0.05) is 11.0 Å². The molecule has 1 spiro atoms. The van der Waals surface area contributed by atoms with Gasteiger partial charge in [0.15, 0.2) is 5.78 Å². The SMILES string of the molecule is O=C1c2ccccc2CC12CCc1ccccc1C2. The Morgan fingerprint density at radius 1 is 0.789 bits per heavy atom. The van der Waals surface area contributed by atoms with E-state index in [-0.39, 0.29) is 5.41 Å². The maximum atomic E-state index is 12.8. The maximum absolute atomic E-state index is 12.8. The number of carbonyl (C=O) groups is 1. The van der Waals surface area contributed by atoms with Crippen molar-refractivity contribution in [3.8, 4) is 0 Å². The molecule has 0 heterocycles. The van der Waals surface area contributed by atoms with Gasteiger partial charge in [0.2, 0.25) is 0 Å². The Kier molecular flexibility index (Phi) is 2.20. The molecule has 0 aliphatic heterocycles. The fourth-order valence-electron chi connectivity index (χ4n) is 3.77. The Hall–Kier alpha value is -1.89. The van der Waals surface area contributed by atoms with Crippen molar-refractivity contribution >= 4 is 5.78 Å². The molecule has 2 aromatic carbocycles. The van der Waals surface area contributed by atoms with E-state index in [0.717, 1.165) is 31.2 Å². The molecule has 2 aliphatic carbocycles. The van der Waals surface area contributed by atoms with Crippen molar-refractivity contribution in [3.63, 3.8) is 0 Å². The number of aryl methyl sites for hydroxylation is 1. The molecule has 2 aromatic rings. The van der Waals surface area contributed by atoms with Gasteiger partial charge in [-0.1, -0.05) is 48.5 Å². The molecule has 1 heteroatoms. The van der Waals surface area contributed by atoms with Crippen LogP contribution in [0.2, 0.25) is 0 Å². The average molecular weight is 248 g/mol. The molecule has 0 aromatic heterocycles. The van der Waals surface area contributed by atoms with Crippen molar-refractivity contribution in [2.45, 2.75) is 25.7 Å². The van der Waals surface area contributed by atoms with Crippen LogP contribution in [0, 0.1) is 5.41 Å². The number of fused-ring (bicyclic) bond motifs is 2. The minimum atomic E-state index is -0.155. The van der Waals surface area contributed by atoms with E-state index in [2.05, 4.69) is 30.3 Å². The van der Waals surface area contributed by atoms with Crippen molar-refractivity contribution in [2.24, 2.45) is 5.41 Å². The summed E-state index contributed by atoms with van der Waals surface area (Å²) >= 11 is 0. The summed E-state index contributed by atoms with van der Waals surface area (Å²) < 4.78 is 0. The van der Waals surface area contributed by atoms with Gasteiger partial charge in [-0.15, -0.1) is 0 Å². The molecule has 4 rings (SSSR count). The van der Waals surface area contributed by atoms with Crippen molar-refractivity contribution in [2.75, 3.05) is 0 Å². The molecule has 0 radical (unpaired) electrons. The van der Waals surface area contributed by atoms with Gasteiger partial charge in [-0.2, -0.15) is 0 Å². The lowest BCUT2D eigenvalue weighted by molar-refractivity contribution is 0.0794. The van der Waals surface area contributed by atoms with Crippen LogP contribution in [0.1, 0.15) is 33.5 Å². The fraction of sp³-hybridized carbons (Fsp3) is 0.278. The van der Waals surface area contributed by atoms with E-state index in [1.54, 1.807) is 0 Å². The summed E-state index contributed by atoms with van der Waals surface area (Å²) in [6.45, 7) is 0. The van der Waals surface area contributed by atoms with E-state index in [4.69, 9.17) is 0 Å². The predicted octanol–water partition coefficient (Wildman–Crippen LogP) is 3.60. The summed E-state index contributed by atoms with van der Waals surface area (Å²) in [7, 11) is 0. The van der Waals surface area contributed by atoms with Crippen LogP contribution in [0.25, 0.3) is 0 Å². The van der Waals surface area contributed by atoms with Gasteiger partial charge in [0.05, 0.1) is 0 Å². The Morgan fingerprint density at radius 2 is 1.42 bits per heavy atom. The van der Waals surface area contributed by atoms with Gasteiger partial charge in [0.1, 0.15) is 0 Å². The zero-order valence-electron chi connectivity index (χ0n) is 10.9. The van der Waals surface area contributed by atoms with Crippen molar-refractivity contribution in [3.05, 3.63) is 70.8 Å². The standard InChI is InChI=1S/C18H16O/c19-17-16-8-4-3-7-15(16)12-18(17)10-9-13-5-1-2-6-14(13)11-18/h1-8H,9-12H2. The second-order valence-corrected chi connectivity index (χ2v) is 5.89. The molecule has 1 nitrogen and oxygen atoms in total. The zero-order valence-corrected chi connectivity index (χ0v) is 10.9. The van der Waals surface area contributed by atoms with Crippen molar-refractivity contribution in [1.82, 2.24) is 0 Å². The number of hydrogen-bond donors (Lipinski definition) is 0. The molecule has 0 saturated heterocycles. The highest BCUT2D eigenvalue weighted by atomic mass is 16.1. The Bertz CT molecular complexity index is 671. The topological polar surface area (TPSA) is 17.1 Å². The van der Waals surface area contributed by atoms with Gasteiger partial charge in [0.25, 0.3) is 0 Å². The first kappa shape index (κ1) is 11.0. The first-order chi connectivity index (χ1) is 9.28. The Balaban J connectivity index is 1.78. The first-order valence-corrected chi connectivity index (χ1v) is 6.98. The third-order valence-electron chi connectivity index (χ3n) is 4.79. The van der Waals surface area contributed by atoms with Gasteiger partial charge in [-0.25, -0.2) is 0 Å². The predicted molar refractivity (Wildman–Crippen MR) is 75.4 cm³/mol. The second kappa shape index (κ2) is 3.80. The van der Waals surface area contributed by atoms with Crippen LogP contribution < -0.4 is 0 Å². The van der Waals surface area contributed by atoms with Crippen LogP contribution in [0.3, 0.4) is 0 Å². The lowest BCUT2D eigenvalue weighted by Gasteiger charge is -2.33. The lowest BCUT2D eigenvalue weighted by Crippen LogP contribution is -2.34. The highest BCUT2D eigenvalue weighted by Crippen LogP contribution is 2.45. The van der Waals surface area contributed by atoms with E-state index in [9.17, 15) is 4.79 Å². The second-order valence-electron chi connectivity index (χ2n) is 5.89. The third kappa shape index (κ3) is 1.51. The lowest BCUT2D eigenvalue weighted by atomic mass is 9.69. The normalized spacial score (nSPS) is 24.3. The van der Waals surface area contributed by atoms with E-state index in [1.165, 1.54) is 16.7 Å². The molecule has 0 saturated carbocycles. The van der Waals surface area contributed by atoms with Crippen LogP contribution >= 0.6 is 0 Å². The van der Waals surface area contributed by atoms with Crippen LogP contribution in [-0.2, 0) is 19.3 Å². The minimum Gasteiger partial charge on any atom is -0.294 e. The summed E-state index contributed by atoms with van der Waals surface area (Å²) in [5.41, 5.74) is 4.85. The van der Waals surface area contributed by atoms with Crippen LogP contribution in [0.15, 0.2) is 48.5 Å². The maximum Gasteiger partial charge on any atom is 0.169 e. The van der Waals surface area contributed by atoms with Gasteiger partial charge < -0.3 is 0 Å². The highest BCUT2D eigenvalue weighted by Gasteiger charge is 2.46. The number of ketones is 1. The molecular weight excluding hydrogens is 232 g/mol. The quantitative estimate of drug-likeness (QED) is 0.696. The van der Waals surface area contributed by atoms with E-state index in [1.807, 2.05) is 18.2 Å². The van der Waals surface area contributed by atoms with Gasteiger partial charge in [-0.3, -0.25) is 4.79 Å². The fourth-order valence-corrected chi connectivity index (χ4v) is 3.77. The molecular formula is C18H16O. The number of hydrogen-bond acceptors (Lipinski definition) is 1. The number of rotatable bonds is 0. The summed E-state index contributed by atoms with van der Waals surface area (Å²) in [5.74, 6) is 0.373. The molecule has 0 bridgehead atoms. The third-order valence-corrected chi connectivity index (χ3v) is 4.79. The molecule has 19 heavy (non-hydrogen) atoms. The van der Waals surface area contributed by atoms with E-state index in [0.29, 0.717) is 5.78 Å². The summed E-state index contributed by atoms with van der Waals surface area (Å²) in [5, 5.41) is 0. The molecule has 1 atom stereocenters. The van der Waals surface area contributed by atoms with Crippen molar-refractivity contribution < 1.29 is 4.79 Å². The molecule has 0 amide bonds. The monoisotopic (exact) mass is 248 g/mol. The highest BCUT2D eigenvalue weighted by molar-refractivity contribution is 6.05. The number of benzene rings is 2. The van der Waals surface area contributed by atoms with Crippen LogP contribution in [-0.4, -0.2) is 5.78 Å². The summed E-state index contributed by atoms with van der Waals surface area (Å²) in [4.78, 5) is 12.8. The summed E-state index contributed by atoms with van der Waals surface area (Å²) in [6.07, 6.45) is 3.88.